The van der Waals surface area contributed by atoms with Gasteiger partial charge in [0, 0.05) is 10.7 Å². The normalized spacial score (nSPS) is 11.9. The zero-order chi connectivity index (χ0) is 13.7. The first-order chi connectivity index (χ1) is 8.41. The fraction of sp³-hybridized carbons (Fsp3) is 0.333. The Hall–Kier alpha value is -1.59. The van der Waals surface area contributed by atoms with Crippen molar-refractivity contribution in [2.45, 2.75) is 19.9 Å². The number of amides is 1. The summed E-state index contributed by atoms with van der Waals surface area (Å²) in [6.45, 7) is 3.20. The van der Waals surface area contributed by atoms with Gasteiger partial charge in [0.2, 0.25) is 5.91 Å². The van der Waals surface area contributed by atoms with Gasteiger partial charge in [-0.15, -0.1) is 0 Å². The first-order valence-corrected chi connectivity index (χ1v) is 5.80. The Balaban J connectivity index is 2.55. The van der Waals surface area contributed by atoms with E-state index >= 15 is 0 Å². The first-order valence-electron chi connectivity index (χ1n) is 5.43. The van der Waals surface area contributed by atoms with Gasteiger partial charge in [-0.2, -0.15) is 0 Å². The Kier molecular flexibility index (Phi) is 5.12. The van der Waals surface area contributed by atoms with Gasteiger partial charge in [0.1, 0.15) is 6.04 Å². The minimum Gasteiger partial charge on any atom is -0.480 e. The monoisotopic (exact) mass is 270 g/mol. The lowest BCUT2D eigenvalue weighted by Gasteiger charge is -2.11. The number of rotatable bonds is 5. The highest BCUT2D eigenvalue weighted by atomic mass is 35.5. The van der Waals surface area contributed by atoms with Gasteiger partial charge < -0.3 is 10.4 Å². The molecule has 5 nitrogen and oxygen atoms in total. The maximum Gasteiger partial charge on any atom is 0.320 e. The molecular weight excluding hydrogens is 256 g/mol. The number of carboxylic acids is 1. The van der Waals surface area contributed by atoms with Crippen LogP contribution in [0.1, 0.15) is 12.5 Å². The number of carbonyl (C=O) groups is 2. The first kappa shape index (κ1) is 14.5. The van der Waals surface area contributed by atoms with E-state index in [1.165, 1.54) is 6.92 Å². The molecular formula is C12H15ClN2O3. The van der Waals surface area contributed by atoms with Crippen LogP contribution < -0.4 is 10.6 Å². The third kappa shape index (κ3) is 4.01. The van der Waals surface area contributed by atoms with E-state index in [-0.39, 0.29) is 12.5 Å². The van der Waals surface area contributed by atoms with E-state index in [2.05, 4.69) is 10.6 Å². The Morgan fingerprint density at radius 2 is 2.11 bits per heavy atom. The van der Waals surface area contributed by atoms with Crippen molar-refractivity contribution in [1.29, 1.82) is 0 Å². The van der Waals surface area contributed by atoms with E-state index in [4.69, 9.17) is 16.7 Å². The van der Waals surface area contributed by atoms with Gasteiger partial charge in [-0.3, -0.25) is 14.9 Å². The van der Waals surface area contributed by atoms with E-state index in [0.717, 1.165) is 5.56 Å². The number of hydrogen-bond donors (Lipinski definition) is 3. The predicted octanol–water partition coefficient (Wildman–Crippen LogP) is 1.65. The second-order valence-corrected chi connectivity index (χ2v) is 4.31. The van der Waals surface area contributed by atoms with E-state index in [1.54, 1.807) is 25.1 Å². The molecule has 1 aromatic rings. The molecule has 0 aliphatic heterocycles. The highest BCUT2D eigenvalue weighted by molar-refractivity contribution is 6.31. The standard InChI is InChI=1S/C12H15ClN2O3/c1-7-9(13)4-3-5-10(7)15-11(16)6-14-8(2)12(17)18/h3-5,8,14H,6H2,1-2H3,(H,15,16)(H,17,18)/t8-/m1/s1. The van der Waals surface area contributed by atoms with Crippen molar-refractivity contribution in [3.63, 3.8) is 0 Å². The second-order valence-electron chi connectivity index (χ2n) is 3.90. The van der Waals surface area contributed by atoms with Gasteiger partial charge in [0.15, 0.2) is 0 Å². The number of benzene rings is 1. The fourth-order valence-electron chi connectivity index (χ4n) is 1.27. The molecule has 0 saturated heterocycles. The van der Waals surface area contributed by atoms with Crippen LogP contribution in [0.4, 0.5) is 5.69 Å². The topological polar surface area (TPSA) is 78.4 Å². The maximum atomic E-state index is 11.6. The molecule has 0 aromatic heterocycles. The molecule has 0 bridgehead atoms. The highest BCUT2D eigenvalue weighted by Gasteiger charge is 2.12. The minimum atomic E-state index is -0.998. The summed E-state index contributed by atoms with van der Waals surface area (Å²) in [5, 5.41) is 14.5. The van der Waals surface area contributed by atoms with Crippen molar-refractivity contribution in [2.24, 2.45) is 0 Å². The van der Waals surface area contributed by atoms with Crippen molar-refractivity contribution in [3.05, 3.63) is 28.8 Å². The quantitative estimate of drug-likeness (QED) is 0.760. The summed E-state index contributed by atoms with van der Waals surface area (Å²) in [4.78, 5) is 22.2. The Bertz CT molecular complexity index is 463. The molecule has 0 aliphatic rings. The molecule has 0 heterocycles. The fourth-order valence-corrected chi connectivity index (χ4v) is 1.44. The third-order valence-corrected chi connectivity index (χ3v) is 2.89. The van der Waals surface area contributed by atoms with Crippen LogP contribution in [0, 0.1) is 6.92 Å². The number of carboxylic acid groups (broad SMARTS) is 1. The van der Waals surface area contributed by atoms with Crippen LogP contribution in [0.2, 0.25) is 5.02 Å². The lowest BCUT2D eigenvalue weighted by atomic mass is 10.2. The number of anilines is 1. The molecule has 1 aromatic carbocycles. The summed E-state index contributed by atoms with van der Waals surface area (Å²) >= 11 is 5.92. The third-order valence-electron chi connectivity index (χ3n) is 2.48. The minimum absolute atomic E-state index is 0.0700. The summed E-state index contributed by atoms with van der Waals surface area (Å²) < 4.78 is 0. The van der Waals surface area contributed by atoms with Crippen molar-refractivity contribution < 1.29 is 14.7 Å². The SMILES string of the molecule is Cc1c(Cl)cccc1NC(=O)CN[C@H](C)C(=O)O. The summed E-state index contributed by atoms with van der Waals surface area (Å²) in [6.07, 6.45) is 0. The molecule has 0 saturated carbocycles. The van der Waals surface area contributed by atoms with Gasteiger partial charge in [-0.25, -0.2) is 0 Å². The van der Waals surface area contributed by atoms with Gasteiger partial charge in [-0.1, -0.05) is 17.7 Å². The molecule has 0 fully saturated rings. The largest absolute Gasteiger partial charge is 0.480 e. The maximum absolute atomic E-state index is 11.6. The number of nitrogens with one attached hydrogen (secondary N) is 2. The highest BCUT2D eigenvalue weighted by Crippen LogP contribution is 2.22. The van der Waals surface area contributed by atoms with Crippen LogP contribution in [0.15, 0.2) is 18.2 Å². The molecule has 1 rings (SSSR count). The predicted molar refractivity (Wildman–Crippen MR) is 69.9 cm³/mol. The Labute approximate surface area is 110 Å². The van der Waals surface area contributed by atoms with Gasteiger partial charge >= 0.3 is 5.97 Å². The second kappa shape index (κ2) is 6.37. The molecule has 0 unspecified atom stereocenters. The molecule has 98 valence electrons. The molecule has 1 amide bonds. The van der Waals surface area contributed by atoms with Gasteiger partial charge in [0.25, 0.3) is 0 Å². The number of carbonyl (C=O) groups excluding carboxylic acids is 1. The average Bonchev–Trinajstić information content (AvgIpc) is 2.32. The lowest BCUT2D eigenvalue weighted by Crippen LogP contribution is -2.39. The zero-order valence-electron chi connectivity index (χ0n) is 10.2. The molecule has 0 aliphatic carbocycles. The van der Waals surface area contributed by atoms with Crippen LogP contribution in [0.5, 0.6) is 0 Å². The summed E-state index contributed by atoms with van der Waals surface area (Å²) in [5.41, 5.74) is 1.40. The molecule has 18 heavy (non-hydrogen) atoms. The summed E-state index contributed by atoms with van der Waals surface area (Å²) in [7, 11) is 0. The van der Waals surface area contributed by atoms with Crippen molar-refractivity contribution in [2.75, 3.05) is 11.9 Å². The summed E-state index contributed by atoms with van der Waals surface area (Å²) in [5.74, 6) is -1.31. The average molecular weight is 271 g/mol. The van der Waals surface area contributed by atoms with Crippen LogP contribution >= 0.6 is 11.6 Å². The summed E-state index contributed by atoms with van der Waals surface area (Å²) in [6, 6.07) is 4.44. The van der Waals surface area contributed by atoms with E-state index < -0.39 is 12.0 Å². The van der Waals surface area contributed by atoms with Gasteiger partial charge in [0.05, 0.1) is 6.54 Å². The van der Waals surface area contributed by atoms with Crippen LogP contribution in [-0.2, 0) is 9.59 Å². The number of aliphatic carboxylic acids is 1. The van der Waals surface area contributed by atoms with E-state index in [0.29, 0.717) is 10.7 Å². The lowest BCUT2D eigenvalue weighted by molar-refractivity contribution is -0.139. The smallest absolute Gasteiger partial charge is 0.320 e. The van der Waals surface area contributed by atoms with Crippen LogP contribution in [0.25, 0.3) is 0 Å². The van der Waals surface area contributed by atoms with E-state index in [9.17, 15) is 9.59 Å². The zero-order valence-corrected chi connectivity index (χ0v) is 10.9. The van der Waals surface area contributed by atoms with Gasteiger partial charge in [-0.05, 0) is 31.5 Å². The van der Waals surface area contributed by atoms with Crippen molar-refractivity contribution in [1.82, 2.24) is 5.32 Å². The van der Waals surface area contributed by atoms with Crippen LogP contribution in [0.3, 0.4) is 0 Å². The van der Waals surface area contributed by atoms with E-state index in [1.807, 2.05) is 0 Å². The Morgan fingerprint density at radius 1 is 1.44 bits per heavy atom. The number of halogens is 1. The molecule has 3 N–H and O–H groups in total. The van der Waals surface area contributed by atoms with Crippen LogP contribution in [-0.4, -0.2) is 29.6 Å². The molecule has 0 radical (unpaired) electrons. The molecule has 1 atom stereocenters. The molecule has 6 heteroatoms. The number of hydrogen-bond acceptors (Lipinski definition) is 3. The van der Waals surface area contributed by atoms with Crippen molar-refractivity contribution >= 4 is 29.2 Å². The molecule has 0 spiro atoms. The Morgan fingerprint density at radius 3 is 2.72 bits per heavy atom. The van der Waals surface area contributed by atoms with Crippen molar-refractivity contribution in [3.8, 4) is 0 Å².